The molecule has 0 amide bonds. The van der Waals surface area contributed by atoms with Crippen molar-refractivity contribution in [3.63, 3.8) is 0 Å². The zero-order valence-electron chi connectivity index (χ0n) is 19.6. The van der Waals surface area contributed by atoms with Gasteiger partial charge in [-0.25, -0.2) is 15.0 Å². The lowest BCUT2D eigenvalue weighted by Gasteiger charge is -2.27. The molecule has 178 valence electrons. The summed E-state index contributed by atoms with van der Waals surface area (Å²) in [6.45, 7) is 12.0. The van der Waals surface area contributed by atoms with E-state index in [2.05, 4.69) is 25.5 Å². The summed E-state index contributed by atoms with van der Waals surface area (Å²) in [6.07, 6.45) is 4.05. The molecule has 4 heterocycles. The largest absolute Gasteiger partial charge is 0.380 e. The molecule has 0 aliphatic carbocycles. The van der Waals surface area contributed by atoms with E-state index in [4.69, 9.17) is 24.5 Å². The highest BCUT2D eigenvalue weighted by Crippen LogP contribution is 2.29. The van der Waals surface area contributed by atoms with E-state index in [1.54, 1.807) is 6.20 Å². The minimum Gasteiger partial charge on any atom is -0.380 e. The van der Waals surface area contributed by atoms with Crippen molar-refractivity contribution in [1.29, 1.82) is 0 Å². The smallest absolute Gasteiger partial charge is 0.228 e. The Hall–Kier alpha value is -2.89. The molecule has 0 aromatic carbocycles. The topological polar surface area (TPSA) is 115 Å². The number of piperazine rings is 1. The van der Waals surface area contributed by atoms with Crippen molar-refractivity contribution >= 4 is 28.6 Å². The molecule has 0 atom stereocenters. The molecular formula is C22H33N9O2. The van der Waals surface area contributed by atoms with Crippen LogP contribution in [0.25, 0.3) is 11.0 Å². The van der Waals surface area contributed by atoms with Crippen LogP contribution < -0.4 is 15.5 Å². The van der Waals surface area contributed by atoms with Gasteiger partial charge in [0.15, 0.2) is 5.82 Å². The molecule has 0 unspecified atom stereocenters. The molecule has 0 bridgehead atoms. The number of ether oxygens (including phenoxy) is 2. The van der Waals surface area contributed by atoms with Gasteiger partial charge in [0.2, 0.25) is 5.95 Å². The van der Waals surface area contributed by atoms with Gasteiger partial charge in [-0.15, -0.1) is 0 Å². The first-order valence-electron chi connectivity index (χ1n) is 11.6. The minimum atomic E-state index is 0.164. The first-order chi connectivity index (χ1) is 16.2. The third-order valence-electron chi connectivity index (χ3n) is 5.31. The van der Waals surface area contributed by atoms with Crippen LogP contribution in [0.3, 0.4) is 0 Å². The Balaban J connectivity index is 1.77. The van der Waals surface area contributed by atoms with Crippen LogP contribution >= 0.6 is 0 Å². The lowest BCUT2D eigenvalue weighted by Crippen LogP contribution is -2.44. The Labute approximate surface area is 193 Å². The van der Waals surface area contributed by atoms with Gasteiger partial charge in [0.05, 0.1) is 31.6 Å². The third kappa shape index (κ3) is 5.92. The average Bonchev–Trinajstić information content (AvgIpc) is 3.18. The van der Waals surface area contributed by atoms with E-state index in [1.165, 1.54) is 6.33 Å². The van der Waals surface area contributed by atoms with Crippen molar-refractivity contribution in [3.05, 3.63) is 24.3 Å². The van der Waals surface area contributed by atoms with Crippen molar-refractivity contribution in [2.24, 2.45) is 0 Å². The minimum absolute atomic E-state index is 0.164. The summed E-state index contributed by atoms with van der Waals surface area (Å²) in [5.41, 5.74) is 2.57. The molecule has 1 fully saturated rings. The quantitative estimate of drug-likeness (QED) is 0.415. The second-order valence-electron chi connectivity index (χ2n) is 8.06. The van der Waals surface area contributed by atoms with Crippen LogP contribution in [0.4, 0.5) is 17.6 Å². The van der Waals surface area contributed by atoms with E-state index in [9.17, 15) is 0 Å². The zero-order chi connectivity index (χ0) is 23.0. The first-order valence-corrected chi connectivity index (χ1v) is 11.6. The SMILES string of the molecule is CCOCCn1nc(CCOC(C)C)c2nc(N3CCNCC3)nc(Nc3ccncn3)c21. The van der Waals surface area contributed by atoms with Crippen LogP contribution in [-0.4, -0.2) is 81.8 Å². The van der Waals surface area contributed by atoms with Crippen LogP contribution in [0.5, 0.6) is 0 Å². The predicted molar refractivity (Wildman–Crippen MR) is 127 cm³/mol. The second-order valence-corrected chi connectivity index (χ2v) is 8.06. The number of rotatable bonds is 11. The van der Waals surface area contributed by atoms with Gasteiger partial charge in [-0.05, 0) is 26.8 Å². The van der Waals surface area contributed by atoms with Gasteiger partial charge in [-0.1, -0.05) is 0 Å². The molecule has 11 nitrogen and oxygen atoms in total. The molecule has 1 aliphatic heterocycles. The number of nitrogens with zero attached hydrogens (tertiary/aromatic N) is 7. The number of anilines is 3. The summed E-state index contributed by atoms with van der Waals surface area (Å²) < 4.78 is 13.3. The highest BCUT2D eigenvalue weighted by molar-refractivity contribution is 5.90. The highest BCUT2D eigenvalue weighted by atomic mass is 16.5. The Kier molecular flexibility index (Phi) is 7.97. The summed E-state index contributed by atoms with van der Waals surface area (Å²) in [5.74, 6) is 2.03. The molecule has 3 aromatic heterocycles. The standard InChI is InChI=1S/C22H33N9O2/c1-4-32-14-12-31-20-19(17(29-31)6-13-33-16(2)3)27-22(30-10-8-23-9-11-30)28-21(20)26-18-5-7-24-15-25-18/h5,7,15-16,23H,4,6,8-14H2,1-3H3,(H,24,25,26,27,28). The van der Waals surface area contributed by atoms with E-state index >= 15 is 0 Å². The van der Waals surface area contributed by atoms with Crippen LogP contribution in [-0.2, 0) is 22.4 Å². The van der Waals surface area contributed by atoms with Crippen molar-refractivity contribution in [1.82, 2.24) is 35.0 Å². The molecule has 3 aromatic rings. The Bertz CT molecular complexity index is 1020. The number of hydrogen-bond acceptors (Lipinski definition) is 10. The predicted octanol–water partition coefficient (Wildman–Crippen LogP) is 1.77. The van der Waals surface area contributed by atoms with E-state index in [0.717, 1.165) is 42.9 Å². The van der Waals surface area contributed by atoms with E-state index < -0.39 is 0 Å². The van der Waals surface area contributed by atoms with Crippen molar-refractivity contribution in [2.45, 2.75) is 39.8 Å². The summed E-state index contributed by atoms with van der Waals surface area (Å²) in [7, 11) is 0. The number of hydrogen-bond donors (Lipinski definition) is 2. The van der Waals surface area contributed by atoms with Crippen LogP contribution in [0.2, 0.25) is 0 Å². The highest BCUT2D eigenvalue weighted by Gasteiger charge is 2.22. The molecule has 2 N–H and O–H groups in total. The fourth-order valence-corrected chi connectivity index (χ4v) is 3.73. The molecule has 0 radical (unpaired) electrons. The van der Waals surface area contributed by atoms with E-state index in [-0.39, 0.29) is 6.10 Å². The number of fused-ring (bicyclic) bond motifs is 1. The molecular weight excluding hydrogens is 422 g/mol. The lowest BCUT2D eigenvalue weighted by atomic mass is 10.2. The van der Waals surface area contributed by atoms with Gasteiger partial charge in [-0.3, -0.25) is 4.68 Å². The van der Waals surface area contributed by atoms with Gasteiger partial charge in [-0.2, -0.15) is 10.1 Å². The van der Waals surface area contributed by atoms with Gasteiger partial charge in [0, 0.05) is 45.4 Å². The van der Waals surface area contributed by atoms with E-state index in [0.29, 0.717) is 50.4 Å². The lowest BCUT2D eigenvalue weighted by molar-refractivity contribution is 0.0809. The van der Waals surface area contributed by atoms with Gasteiger partial charge >= 0.3 is 0 Å². The van der Waals surface area contributed by atoms with Crippen LogP contribution in [0, 0.1) is 0 Å². The van der Waals surface area contributed by atoms with Crippen molar-refractivity contribution in [3.8, 4) is 0 Å². The summed E-state index contributed by atoms with van der Waals surface area (Å²) in [4.78, 5) is 20.4. The average molecular weight is 456 g/mol. The Morgan fingerprint density at radius 1 is 1.18 bits per heavy atom. The number of aromatic nitrogens is 6. The number of nitrogens with one attached hydrogen (secondary N) is 2. The molecule has 33 heavy (non-hydrogen) atoms. The van der Waals surface area contributed by atoms with E-state index in [1.807, 2.05) is 31.5 Å². The molecule has 1 saturated heterocycles. The van der Waals surface area contributed by atoms with Gasteiger partial charge in [0.1, 0.15) is 23.2 Å². The Morgan fingerprint density at radius 2 is 2.03 bits per heavy atom. The maximum absolute atomic E-state index is 5.81. The molecule has 11 heteroatoms. The molecule has 0 spiro atoms. The summed E-state index contributed by atoms with van der Waals surface area (Å²) in [5, 5.41) is 11.6. The monoisotopic (exact) mass is 455 g/mol. The maximum Gasteiger partial charge on any atom is 0.228 e. The van der Waals surface area contributed by atoms with Gasteiger partial charge in [0.25, 0.3) is 0 Å². The fourth-order valence-electron chi connectivity index (χ4n) is 3.73. The molecule has 4 rings (SSSR count). The zero-order valence-corrected chi connectivity index (χ0v) is 19.6. The normalized spacial score (nSPS) is 14.4. The van der Waals surface area contributed by atoms with Crippen LogP contribution in [0.1, 0.15) is 26.5 Å². The Morgan fingerprint density at radius 3 is 2.76 bits per heavy atom. The molecule has 0 saturated carbocycles. The summed E-state index contributed by atoms with van der Waals surface area (Å²) >= 11 is 0. The first kappa shape index (κ1) is 23.3. The van der Waals surface area contributed by atoms with Gasteiger partial charge < -0.3 is 25.0 Å². The third-order valence-corrected chi connectivity index (χ3v) is 5.31. The fraction of sp³-hybridized carbons (Fsp3) is 0.591. The summed E-state index contributed by atoms with van der Waals surface area (Å²) in [6, 6.07) is 1.82. The second kappa shape index (κ2) is 11.3. The van der Waals surface area contributed by atoms with Crippen molar-refractivity contribution in [2.75, 3.05) is 56.2 Å². The molecule has 1 aliphatic rings. The maximum atomic E-state index is 5.81. The van der Waals surface area contributed by atoms with Crippen LogP contribution in [0.15, 0.2) is 18.6 Å². The van der Waals surface area contributed by atoms with Crippen molar-refractivity contribution < 1.29 is 9.47 Å².